The number of aromatic nitrogens is 2. The second-order valence-corrected chi connectivity index (χ2v) is 10.2. The lowest BCUT2D eigenvalue weighted by molar-refractivity contribution is -0.135. The van der Waals surface area contributed by atoms with Crippen LogP contribution in [0.3, 0.4) is 0 Å². The molecule has 2 saturated heterocycles. The molecule has 0 unspecified atom stereocenters. The van der Waals surface area contributed by atoms with E-state index in [4.69, 9.17) is 0 Å². The highest BCUT2D eigenvalue weighted by atomic mass is 16.2. The molecule has 0 spiro atoms. The molecule has 1 N–H and O–H groups in total. The van der Waals surface area contributed by atoms with Gasteiger partial charge in [0.2, 0.25) is 17.8 Å². The molecule has 0 bridgehead atoms. The first-order chi connectivity index (χ1) is 15.1. The standard InChI is InChI=1S/C24H35N5O2/c30-21(13-18-5-1-2-6-18)28-12-3-9-24(22(31)27-14-19-7-8-19)17-29(16-20(24)15-28)23-25-10-4-11-26-23/h4,10-11,18-20H,1-3,5-9,12-17H2,(H,27,31)/t20-,24-/m0/s1. The van der Waals surface area contributed by atoms with Crippen LogP contribution in [-0.2, 0) is 9.59 Å². The molecule has 2 aliphatic heterocycles. The Labute approximate surface area is 185 Å². The van der Waals surface area contributed by atoms with Crippen LogP contribution in [0.2, 0.25) is 0 Å². The van der Waals surface area contributed by atoms with Crippen LogP contribution in [0.5, 0.6) is 0 Å². The first-order valence-corrected chi connectivity index (χ1v) is 12.2. The Morgan fingerprint density at radius 3 is 2.55 bits per heavy atom. The van der Waals surface area contributed by atoms with Crippen LogP contribution in [0.4, 0.5) is 5.95 Å². The molecular formula is C24H35N5O2. The largest absolute Gasteiger partial charge is 0.355 e. The Bertz CT molecular complexity index is 792. The van der Waals surface area contributed by atoms with Gasteiger partial charge in [-0.2, -0.15) is 0 Å². The van der Waals surface area contributed by atoms with Crippen molar-refractivity contribution < 1.29 is 9.59 Å². The molecule has 4 fully saturated rings. The third-order valence-electron chi connectivity index (χ3n) is 8.01. The summed E-state index contributed by atoms with van der Waals surface area (Å²) in [5, 5.41) is 3.27. The maximum atomic E-state index is 13.5. The molecule has 5 rings (SSSR count). The summed E-state index contributed by atoms with van der Waals surface area (Å²) in [6.45, 7) is 3.61. The number of fused-ring (bicyclic) bond motifs is 1. The number of nitrogens with one attached hydrogen (secondary N) is 1. The number of carbonyl (C=O) groups excluding carboxylic acids is 2. The van der Waals surface area contributed by atoms with E-state index in [1.807, 2.05) is 6.07 Å². The van der Waals surface area contributed by atoms with E-state index in [2.05, 4.69) is 25.1 Å². The maximum absolute atomic E-state index is 13.5. The van der Waals surface area contributed by atoms with Gasteiger partial charge in [0.1, 0.15) is 0 Å². The minimum absolute atomic E-state index is 0.116. The zero-order valence-corrected chi connectivity index (χ0v) is 18.5. The van der Waals surface area contributed by atoms with E-state index in [0.717, 1.165) is 32.5 Å². The fraction of sp³-hybridized carbons (Fsp3) is 0.750. The Balaban J connectivity index is 1.34. The predicted octanol–water partition coefficient (Wildman–Crippen LogP) is 2.63. The molecule has 1 aromatic rings. The van der Waals surface area contributed by atoms with Gasteiger partial charge in [-0.3, -0.25) is 9.59 Å². The zero-order valence-electron chi connectivity index (χ0n) is 18.5. The van der Waals surface area contributed by atoms with Gasteiger partial charge >= 0.3 is 0 Å². The van der Waals surface area contributed by atoms with Crippen molar-refractivity contribution in [3.63, 3.8) is 0 Å². The van der Waals surface area contributed by atoms with E-state index < -0.39 is 5.41 Å². The number of carbonyl (C=O) groups is 2. The average Bonchev–Trinajstić information content (AvgIpc) is 3.41. The lowest BCUT2D eigenvalue weighted by atomic mass is 9.74. The first-order valence-electron chi connectivity index (χ1n) is 12.2. The number of hydrogen-bond donors (Lipinski definition) is 1. The molecule has 4 aliphatic rings. The zero-order chi connectivity index (χ0) is 21.3. The van der Waals surface area contributed by atoms with E-state index in [1.165, 1.54) is 38.5 Å². The summed E-state index contributed by atoms with van der Waals surface area (Å²) >= 11 is 0. The SMILES string of the molecule is O=C(CC1CCCC1)N1CCC[C@]2(C(=O)NCC3CC3)CN(c3ncccn3)C[C@@H]2C1. The summed E-state index contributed by atoms with van der Waals surface area (Å²) in [6.07, 6.45) is 13.3. The molecule has 0 aromatic carbocycles. The van der Waals surface area contributed by atoms with Crippen molar-refractivity contribution in [1.82, 2.24) is 20.2 Å². The van der Waals surface area contributed by atoms with E-state index in [1.54, 1.807) is 12.4 Å². The predicted molar refractivity (Wildman–Crippen MR) is 118 cm³/mol. The highest BCUT2D eigenvalue weighted by Crippen LogP contribution is 2.44. The smallest absolute Gasteiger partial charge is 0.228 e. The van der Waals surface area contributed by atoms with Crippen molar-refractivity contribution in [2.75, 3.05) is 37.6 Å². The van der Waals surface area contributed by atoms with Crippen molar-refractivity contribution in [2.45, 2.75) is 57.8 Å². The minimum atomic E-state index is -0.462. The fourth-order valence-corrected chi connectivity index (χ4v) is 5.96. The number of anilines is 1. The normalized spacial score (nSPS) is 29.0. The quantitative estimate of drug-likeness (QED) is 0.758. The van der Waals surface area contributed by atoms with Crippen LogP contribution in [0, 0.1) is 23.2 Å². The topological polar surface area (TPSA) is 78.4 Å². The molecule has 2 atom stereocenters. The number of hydrogen-bond acceptors (Lipinski definition) is 5. The van der Waals surface area contributed by atoms with Crippen molar-refractivity contribution >= 4 is 17.8 Å². The van der Waals surface area contributed by atoms with Crippen molar-refractivity contribution in [3.05, 3.63) is 18.5 Å². The molecule has 2 amide bonds. The molecule has 2 saturated carbocycles. The average molecular weight is 426 g/mol. The van der Waals surface area contributed by atoms with Gasteiger partial charge in [0.05, 0.1) is 5.41 Å². The van der Waals surface area contributed by atoms with Gasteiger partial charge < -0.3 is 15.1 Å². The third kappa shape index (κ3) is 4.41. The molecular weight excluding hydrogens is 390 g/mol. The number of nitrogens with zero attached hydrogens (tertiary/aromatic N) is 4. The molecule has 31 heavy (non-hydrogen) atoms. The molecule has 7 nitrogen and oxygen atoms in total. The molecule has 0 radical (unpaired) electrons. The molecule has 1 aromatic heterocycles. The Kier molecular flexibility index (Phi) is 5.85. The van der Waals surface area contributed by atoms with Crippen LogP contribution >= 0.6 is 0 Å². The van der Waals surface area contributed by atoms with E-state index in [-0.39, 0.29) is 17.7 Å². The van der Waals surface area contributed by atoms with E-state index >= 15 is 0 Å². The van der Waals surface area contributed by atoms with Gasteiger partial charge in [-0.15, -0.1) is 0 Å². The summed E-state index contributed by atoms with van der Waals surface area (Å²) in [5.74, 6) is 2.48. The lowest BCUT2D eigenvalue weighted by Gasteiger charge is -2.32. The van der Waals surface area contributed by atoms with Crippen molar-refractivity contribution in [2.24, 2.45) is 23.2 Å². The first kappa shape index (κ1) is 20.7. The highest BCUT2D eigenvalue weighted by Gasteiger charge is 2.54. The van der Waals surface area contributed by atoms with Crippen molar-refractivity contribution in [3.8, 4) is 0 Å². The lowest BCUT2D eigenvalue weighted by Crippen LogP contribution is -2.48. The molecule has 3 heterocycles. The molecule has 168 valence electrons. The Hall–Kier alpha value is -2.18. The second kappa shape index (κ2) is 8.75. The summed E-state index contributed by atoms with van der Waals surface area (Å²) in [5.41, 5.74) is -0.462. The number of likely N-dealkylation sites (tertiary alicyclic amines) is 1. The van der Waals surface area contributed by atoms with E-state index in [9.17, 15) is 9.59 Å². The van der Waals surface area contributed by atoms with Gasteiger partial charge in [0.15, 0.2) is 0 Å². The maximum Gasteiger partial charge on any atom is 0.228 e. The van der Waals surface area contributed by atoms with Gasteiger partial charge in [0, 0.05) is 57.5 Å². The van der Waals surface area contributed by atoms with Gasteiger partial charge in [0.25, 0.3) is 0 Å². The molecule has 7 heteroatoms. The summed E-state index contributed by atoms with van der Waals surface area (Å²) < 4.78 is 0. The fourth-order valence-electron chi connectivity index (χ4n) is 5.96. The van der Waals surface area contributed by atoms with Crippen LogP contribution in [0.1, 0.15) is 57.8 Å². The second-order valence-electron chi connectivity index (χ2n) is 10.2. The summed E-state index contributed by atoms with van der Waals surface area (Å²) in [7, 11) is 0. The van der Waals surface area contributed by atoms with Crippen LogP contribution in [-0.4, -0.2) is 59.4 Å². The van der Waals surface area contributed by atoms with Crippen LogP contribution in [0.25, 0.3) is 0 Å². The van der Waals surface area contributed by atoms with Gasteiger partial charge in [-0.1, -0.05) is 12.8 Å². The van der Waals surface area contributed by atoms with Gasteiger partial charge in [-0.25, -0.2) is 9.97 Å². The van der Waals surface area contributed by atoms with Gasteiger partial charge in [-0.05, 0) is 56.4 Å². The number of amides is 2. The van der Waals surface area contributed by atoms with Crippen LogP contribution < -0.4 is 10.2 Å². The summed E-state index contributed by atoms with van der Waals surface area (Å²) in [4.78, 5) is 39.8. The van der Waals surface area contributed by atoms with E-state index in [0.29, 0.717) is 37.3 Å². The monoisotopic (exact) mass is 425 g/mol. The highest BCUT2D eigenvalue weighted by molar-refractivity contribution is 5.85. The Morgan fingerprint density at radius 1 is 1.03 bits per heavy atom. The number of rotatable bonds is 6. The van der Waals surface area contributed by atoms with Crippen LogP contribution in [0.15, 0.2) is 18.5 Å². The third-order valence-corrected chi connectivity index (χ3v) is 8.01. The Morgan fingerprint density at radius 2 is 1.81 bits per heavy atom. The summed E-state index contributed by atoms with van der Waals surface area (Å²) in [6, 6.07) is 1.82. The minimum Gasteiger partial charge on any atom is -0.355 e. The van der Waals surface area contributed by atoms with Crippen molar-refractivity contribution in [1.29, 1.82) is 0 Å². The molecule has 2 aliphatic carbocycles.